The smallest absolute Gasteiger partial charge is 0.294 e. The Morgan fingerprint density at radius 1 is 1.00 bits per heavy atom. The van der Waals surface area contributed by atoms with E-state index in [-0.39, 0.29) is 4.90 Å². The predicted molar refractivity (Wildman–Crippen MR) is 95.6 cm³/mol. The van der Waals surface area contributed by atoms with Crippen LogP contribution in [0.3, 0.4) is 0 Å². The Kier molecular flexibility index (Phi) is 11.1. The first-order valence-electron chi connectivity index (χ1n) is 8.20. The van der Waals surface area contributed by atoms with Crippen LogP contribution in [0.5, 0.6) is 0 Å². The molecular weight excluding hydrogens is 330 g/mol. The highest BCUT2D eigenvalue weighted by Gasteiger charge is 2.20. The number of quaternary nitrogens is 1. The van der Waals surface area contributed by atoms with Gasteiger partial charge >= 0.3 is 0 Å². The molecule has 7 heteroatoms. The summed E-state index contributed by atoms with van der Waals surface area (Å²) in [7, 11) is -2.32. The van der Waals surface area contributed by atoms with Crippen molar-refractivity contribution in [2.45, 2.75) is 32.6 Å². The highest BCUT2D eigenvalue weighted by molar-refractivity contribution is 7.85. The van der Waals surface area contributed by atoms with Crippen LogP contribution in [0.4, 0.5) is 0 Å². The van der Waals surface area contributed by atoms with E-state index < -0.39 is 10.1 Å². The lowest BCUT2D eigenvalue weighted by atomic mass is 10.2. The summed E-state index contributed by atoms with van der Waals surface area (Å²) in [6, 6.07) is 5.99. The topological polar surface area (TPSA) is 72.8 Å². The molecule has 1 rings (SSSR count). The summed E-state index contributed by atoms with van der Waals surface area (Å²) in [5, 5.41) is 0. The quantitative estimate of drug-likeness (QED) is 0.316. The van der Waals surface area contributed by atoms with Crippen molar-refractivity contribution in [3.05, 3.63) is 29.8 Å². The molecule has 0 saturated carbocycles. The minimum absolute atomic E-state index is 0.0666. The van der Waals surface area contributed by atoms with Crippen molar-refractivity contribution in [1.82, 2.24) is 0 Å². The number of methoxy groups -OCH3 is 1. The van der Waals surface area contributed by atoms with Crippen molar-refractivity contribution in [1.29, 1.82) is 0 Å². The van der Waals surface area contributed by atoms with Crippen LogP contribution in [-0.4, -0.2) is 64.1 Å². The molecule has 0 atom stereocenters. The zero-order valence-electron chi connectivity index (χ0n) is 15.5. The molecule has 0 aromatic heterocycles. The average Bonchev–Trinajstić information content (AvgIpc) is 2.56. The summed E-state index contributed by atoms with van der Waals surface area (Å²) in [5.41, 5.74) is 0.956. The molecule has 0 aliphatic heterocycles. The summed E-state index contributed by atoms with van der Waals surface area (Å²) in [6.07, 6.45) is 0. The second-order valence-corrected chi connectivity index (χ2v) is 7.03. The summed E-state index contributed by atoms with van der Waals surface area (Å²) >= 11 is 0. The summed E-state index contributed by atoms with van der Waals surface area (Å²) < 4.78 is 41.1. The molecule has 1 aromatic rings. The summed E-state index contributed by atoms with van der Waals surface area (Å²) in [6.45, 7) is 14.1. The average molecular weight is 363 g/mol. The van der Waals surface area contributed by atoms with E-state index in [1.54, 1.807) is 19.2 Å². The van der Waals surface area contributed by atoms with Gasteiger partial charge in [0, 0.05) is 7.11 Å². The van der Waals surface area contributed by atoms with E-state index in [9.17, 15) is 8.42 Å². The second kappa shape index (κ2) is 11.5. The van der Waals surface area contributed by atoms with Gasteiger partial charge in [0.2, 0.25) is 0 Å². The van der Waals surface area contributed by atoms with Crippen LogP contribution in [0, 0.1) is 6.92 Å². The molecule has 0 aliphatic carbocycles. The zero-order chi connectivity index (χ0) is 18.6. The van der Waals surface area contributed by atoms with Gasteiger partial charge in [-0.2, -0.15) is 8.42 Å². The van der Waals surface area contributed by atoms with Gasteiger partial charge in [-0.15, -0.1) is 0 Å². The maximum Gasteiger partial charge on any atom is 0.294 e. The molecule has 0 fully saturated rings. The number of benzene rings is 1. The highest BCUT2D eigenvalue weighted by Crippen LogP contribution is 2.08. The minimum atomic E-state index is -4.02. The maximum atomic E-state index is 10.5. The molecule has 0 spiro atoms. The number of hydrogen-bond donors (Lipinski definition) is 1. The number of ether oxygens (including phenoxy) is 2. The summed E-state index contributed by atoms with van der Waals surface area (Å²) in [5.74, 6) is 0. The van der Waals surface area contributed by atoms with Gasteiger partial charge in [0.15, 0.2) is 6.73 Å². The SMILES string of the molecule is CC[N+](CC)(CC)COCCOC.Cc1ccc(S(=O)(=O)O)cc1. The standard InChI is InChI=1S/C10H24NO2.C7H8O3S/c1-5-11(6-2,7-3)10-13-9-8-12-4;1-6-2-4-7(5-3-6)11(8,9)10/h5-10H2,1-4H3;2-5H,1H3,(H,8,9,10)/q+1;. The van der Waals surface area contributed by atoms with E-state index in [0.29, 0.717) is 13.2 Å². The van der Waals surface area contributed by atoms with E-state index in [4.69, 9.17) is 14.0 Å². The van der Waals surface area contributed by atoms with Gasteiger partial charge in [0.1, 0.15) is 0 Å². The Morgan fingerprint density at radius 3 is 1.88 bits per heavy atom. The molecule has 6 nitrogen and oxygen atoms in total. The molecule has 0 aliphatic rings. The molecule has 140 valence electrons. The lowest BCUT2D eigenvalue weighted by molar-refractivity contribution is -0.941. The van der Waals surface area contributed by atoms with Crippen molar-refractivity contribution in [3.63, 3.8) is 0 Å². The van der Waals surface area contributed by atoms with Crippen molar-refractivity contribution in [2.24, 2.45) is 0 Å². The van der Waals surface area contributed by atoms with Crippen molar-refractivity contribution in [2.75, 3.05) is 46.7 Å². The molecule has 24 heavy (non-hydrogen) atoms. The zero-order valence-corrected chi connectivity index (χ0v) is 16.3. The number of rotatable bonds is 9. The van der Waals surface area contributed by atoms with Crippen LogP contribution in [0.15, 0.2) is 29.2 Å². The normalized spacial score (nSPS) is 11.8. The largest absolute Gasteiger partial charge is 0.382 e. The fraction of sp³-hybridized carbons (Fsp3) is 0.647. The van der Waals surface area contributed by atoms with Crippen LogP contribution >= 0.6 is 0 Å². The van der Waals surface area contributed by atoms with Crippen molar-refractivity contribution < 1.29 is 26.9 Å². The van der Waals surface area contributed by atoms with Gasteiger partial charge in [-0.3, -0.25) is 4.55 Å². The van der Waals surface area contributed by atoms with Crippen LogP contribution < -0.4 is 0 Å². The Hall–Kier alpha value is -0.990. The molecule has 0 radical (unpaired) electrons. The third-order valence-electron chi connectivity index (χ3n) is 4.13. The van der Waals surface area contributed by atoms with E-state index in [1.165, 1.54) is 12.1 Å². The van der Waals surface area contributed by atoms with Gasteiger partial charge in [-0.1, -0.05) is 17.7 Å². The first-order chi connectivity index (χ1) is 11.2. The van der Waals surface area contributed by atoms with Gasteiger partial charge in [0.05, 0.1) is 37.7 Å². The van der Waals surface area contributed by atoms with Gasteiger partial charge in [0.25, 0.3) is 10.1 Å². The Labute approximate surface area is 146 Å². The monoisotopic (exact) mass is 362 g/mol. The number of hydrogen-bond acceptors (Lipinski definition) is 4. The first-order valence-corrected chi connectivity index (χ1v) is 9.64. The molecule has 0 amide bonds. The predicted octanol–water partition coefficient (Wildman–Crippen LogP) is 2.73. The molecule has 0 bridgehead atoms. The molecule has 0 heterocycles. The molecule has 0 saturated heterocycles. The van der Waals surface area contributed by atoms with Gasteiger partial charge in [-0.05, 0) is 39.8 Å². The van der Waals surface area contributed by atoms with Gasteiger partial charge in [-0.25, -0.2) is 0 Å². The van der Waals surface area contributed by atoms with Crippen LogP contribution in [0.1, 0.15) is 26.3 Å². The third kappa shape index (κ3) is 8.75. The van der Waals surface area contributed by atoms with Crippen molar-refractivity contribution in [3.8, 4) is 0 Å². The number of aryl methyl sites for hydroxylation is 1. The Bertz CT molecular complexity index is 530. The Balaban J connectivity index is 0.000000446. The second-order valence-electron chi connectivity index (χ2n) is 5.61. The van der Waals surface area contributed by atoms with E-state index in [2.05, 4.69) is 20.8 Å². The molecular formula is C17H32NO5S+. The molecule has 0 unspecified atom stereocenters. The van der Waals surface area contributed by atoms with E-state index >= 15 is 0 Å². The fourth-order valence-electron chi connectivity index (χ4n) is 2.06. The molecule has 1 N–H and O–H groups in total. The summed E-state index contributed by atoms with van der Waals surface area (Å²) in [4.78, 5) is -0.0666. The maximum absolute atomic E-state index is 10.5. The van der Waals surface area contributed by atoms with Crippen LogP contribution in [0.25, 0.3) is 0 Å². The van der Waals surface area contributed by atoms with Crippen LogP contribution in [-0.2, 0) is 19.6 Å². The van der Waals surface area contributed by atoms with E-state index in [1.807, 2.05) is 6.92 Å². The lowest BCUT2D eigenvalue weighted by Crippen LogP contribution is -2.49. The Morgan fingerprint density at radius 2 is 1.50 bits per heavy atom. The molecule has 1 aromatic carbocycles. The van der Waals surface area contributed by atoms with Gasteiger partial charge < -0.3 is 14.0 Å². The number of nitrogens with zero attached hydrogens (tertiary/aromatic N) is 1. The minimum Gasteiger partial charge on any atom is -0.382 e. The lowest BCUT2D eigenvalue weighted by Gasteiger charge is -2.34. The van der Waals surface area contributed by atoms with Crippen LogP contribution in [0.2, 0.25) is 0 Å². The highest BCUT2D eigenvalue weighted by atomic mass is 32.2. The van der Waals surface area contributed by atoms with Crippen molar-refractivity contribution >= 4 is 10.1 Å². The fourth-order valence-corrected chi connectivity index (χ4v) is 2.54. The first kappa shape index (κ1) is 23.0. The third-order valence-corrected chi connectivity index (χ3v) is 5.00. The van der Waals surface area contributed by atoms with E-state index in [0.717, 1.165) is 36.4 Å².